The van der Waals surface area contributed by atoms with E-state index in [1.54, 1.807) is 0 Å². The number of aldehydes is 2. The number of ether oxygens (including phenoxy) is 4. The van der Waals surface area contributed by atoms with Crippen molar-refractivity contribution in [2.75, 3.05) is 39.6 Å². The molecule has 0 spiro atoms. The summed E-state index contributed by atoms with van der Waals surface area (Å²) < 4.78 is 73.2. The SMILES string of the molecule is C=CC(=O)OCCC(COC(=O)/C=C\C=O)OP(=O)(OCC)OP(=O)(OCC)OC(CCOC(=O)C=C)COC(=O)/C=C\C=O. The smallest absolute Gasteiger partial charge is 0.462 e. The van der Waals surface area contributed by atoms with Crippen LogP contribution in [0.4, 0.5) is 0 Å². The molecule has 0 aromatic rings. The number of phosphoric ester groups is 2. The third-order valence-corrected chi connectivity index (χ3v) is 8.34. The Kier molecular flexibility index (Phi) is 21.9. The molecule has 0 rings (SSSR count). The Morgan fingerprint density at radius 2 is 1.02 bits per heavy atom. The minimum atomic E-state index is -4.93. The maximum absolute atomic E-state index is 13.7. The van der Waals surface area contributed by atoms with Crippen molar-refractivity contribution in [1.82, 2.24) is 0 Å². The number of allylic oxidation sites excluding steroid dienone is 2. The first kappa shape index (κ1) is 41.4. The molecule has 0 saturated carbocycles. The highest BCUT2D eigenvalue weighted by Gasteiger charge is 2.44. The number of phosphoric acid groups is 2. The Labute approximate surface area is 259 Å². The fourth-order valence-corrected chi connectivity index (χ4v) is 6.15. The summed E-state index contributed by atoms with van der Waals surface area (Å²) in [6, 6.07) is 0. The van der Waals surface area contributed by atoms with Crippen LogP contribution in [0.1, 0.15) is 26.7 Å². The molecular formula is C26H36O17P2. The van der Waals surface area contributed by atoms with Crippen LogP contribution in [0.25, 0.3) is 0 Å². The second kappa shape index (κ2) is 23.8. The quantitative estimate of drug-likeness (QED) is 0.0421. The Morgan fingerprint density at radius 3 is 1.33 bits per heavy atom. The van der Waals surface area contributed by atoms with Crippen LogP contribution in [0.2, 0.25) is 0 Å². The molecule has 0 N–H and O–H groups in total. The molecule has 0 bridgehead atoms. The van der Waals surface area contributed by atoms with E-state index < -0.39 is 64.9 Å². The van der Waals surface area contributed by atoms with Crippen LogP contribution < -0.4 is 0 Å². The third kappa shape index (κ3) is 20.2. The maximum Gasteiger partial charge on any atom is 0.484 e. The zero-order valence-electron chi connectivity index (χ0n) is 24.7. The van der Waals surface area contributed by atoms with Gasteiger partial charge in [0.25, 0.3) is 0 Å². The lowest BCUT2D eigenvalue weighted by Crippen LogP contribution is -2.25. The van der Waals surface area contributed by atoms with Gasteiger partial charge in [-0.25, -0.2) is 28.3 Å². The lowest BCUT2D eigenvalue weighted by Gasteiger charge is -2.28. The van der Waals surface area contributed by atoms with Crippen molar-refractivity contribution in [3.8, 4) is 0 Å². The molecule has 4 atom stereocenters. The summed E-state index contributed by atoms with van der Waals surface area (Å²) >= 11 is 0. The van der Waals surface area contributed by atoms with E-state index in [0.29, 0.717) is 12.6 Å². The van der Waals surface area contributed by atoms with Crippen molar-refractivity contribution in [3.05, 3.63) is 49.6 Å². The highest BCUT2D eigenvalue weighted by molar-refractivity contribution is 7.62. The summed E-state index contributed by atoms with van der Waals surface area (Å²) in [5, 5.41) is 0. The monoisotopic (exact) mass is 682 g/mol. The normalized spacial score (nSPS) is 15.2. The van der Waals surface area contributed by atoms with Gasteiger partial charge in [-0.1, -0.05) is 13.2 Å². The van der Waals surface area contributed by atoms with Crippen LogP contribution in [0.5, 0.6) is 0 Å². The van der Waals surface area contributed by atoms with E-state index in [4.69, 9.17) is 41.4 Å². The van der Waals surface area contributed by atoms with Gasteiger partial charge in [0.2, 0.25) is 0 Å². The molecule has 252 valence electrons. The van der Waals surface area contributed by atoms with E-state index in [1.165, 1.54) is 13.8 Å². The summed E-state index contributed by atoms with van der Waals surface area (Å²) in [5.74, 6) is -3.56. The van der Waals surface area contributed by atoms with Crippen molar-refractivity contribution >= 4 is 52.1 Å². The van der Waals surface area contributed by atoms with E-state index in [-0.39, 0.29) is 39.3 Å². The first-order valence-corrected chi connectivity index (χ1v) is 16.0. The molecule has 17 nitrogen and oxygen atoms in total. The minimum Gasteiger partial charge on any atom is -0.462 e. The van der Waals surface area contributed by atoms with Gasteiger partial charge in [-0.05, 0) is 26.0 Å². The Bertz CT molecular complexity index is 1070. The number of hydrogen-bond donors (Lipinski definition) is 0. The van der Waals surface area contributed by atoms with Crippen LogP contribution in [0.15, 0.2) is 49.6 Å². The first-order valence-electron chi connectivity index (χ1n) is 13.1. The molecule has 0 aromatic carbocycles. The Morgan fingerprint density at radius 1 is 0.644 bits per heavy atom. The van der Waals surface area contributed by atoms with Crippen molar-refractivity contribution in [2.45, 2.75) is 38.9 Å². The minimum absolute atomic E-state index is 0.258. The summed E-state index contributed by atoms with van der Waals surface area (Å²) in [4.78, 5) is 67.5. The molecule has 0 amide bonds. The molecule has 0 aliphatic rings. The molecule has 0 fully saturated rings. The van der Waals surface area contributed by atoms with Crippen LogP contribution in [0, 0.1) is 0 Å². The number of hydrogen-bond acceptors (Lipinski definition) is 17. The standard InChI is InChI=1S/C26H36O17P2/c1-5-23(29)35-17-13-21(19-37-25(31)11-9-15-27)41-44(33,39-7-3)43-45(34,40-8-4)42-22(14-18-36-24(30)6-2)20-38-26(32)12-10-16-28/h5-6,9-12,15-16,21-22H,1-2,7-8,13-14,17-20H2,3-4H3/b11-9-,12-10-. The molecule has 0 aromatic heterocycles. The summed E-state index contributed by atoms with van der Waals surface area (Å²) in [6.45, 7) is 6.67. The van der Waals surface area contributed by atoms with Gasteiger partial charge < -0.3 is 18.9 Å². The number of esters is 4. The van der Waals surface area contributed by atoms with E-state index in [9.17, 15) is 37.9 Å². The van der Waals surface area contributed by atoms with Crippen LogP contribution >= 0.6 is 15.6 Å². The van der Waals surface area contributed by atoms with E-state index in [0.717, 1.165) is 36.5 Å². The van der Waals surface area contributed by atoms with Gasteiger partial charge in [-0.2, -0.15) is 4.31 Å². The number of carbonyl (C=O) groups excluding carboxylic acids is 6. The molecule has 4 unspecified atom stereocenters. The highest BCUT2D eigenvalue weighted by Crippen LogP contribution is 2.67. The van der Waals surface area contributed by atoms with Crippen molar-refractivity contribution < 1.29 is 79.3 Å². The molecule has 0 aliphatic heterocycles. The van der Waals surface area contributed by atoms with Crippen LogP contribution in [-0.2, 0) is 79.3 Å². The van der Waals surface area contributed by atoms with Gasteiger partial charge in [0.1, 0.15) is 38.0 Å². The van der Waals surface area contributed by atoms with E-state index in [2.05, 4.69) is 13.2 Å². The van der Waals surface area contributed by atoms with Crippen molar-refractivity contribution in [3.63, 3.8) is 0 Å². The second-order valence-electron chi connectivity index (χ2n) is 7.84. The number of rotatable bonds is 26. The lowest BCUT2D eigenvalue weighted by atomic mass is 10.3. The molecule has 45 heavy (non-hydrogen) atoms. The third-order valence-electron chi connectivity index (χ3n) is 4.48. The lowest BCUT2D eigenvalue weighted by molar-refractivity contribution is -0.143. The average Bonchev–Trinajstić information content (AvgIpc) is 2.99. The summed E-state index contributed by atoms with van der Waals surface area (Å²) in [6.07, 6.45) is 2.47. The van der Waals surface area contributed by atoms with Gasteiger partial charge in [0.05, 0.1) is 26.4 Å². The zero-order valence-corrected chi connectivity index (χ0v) is 26.5. The topological polar surface area (TPSA) is 220 Å². The first-order chi connectivity index (χ1) is 21.4. The van der Waals surface area contributed by atoms with E-state index in [1.807, 2.05) is 0 Å². The van der Waals surface area contributed by atoms with Crippen molar-refractivity contribution in [2.24, 2.45) is 0 Å². The Hall–Kier alpha value is -3.56. The van der Waals surface area contributed by atoms with Crippen LogP contribution in [0.3, 0.4) is 0 Å². The van der Waals surface area contributed by atoms with Crippen molar-refractivity contribution in [1.29, 1.82) is 0 Å². The number of carbonyl (C=O) groups is 6. The van der Waals surface area contributed by atoms with Gasteiger partial charge in [0, 0.05) is 37.1 Å². The second-order valence-corrected chi connectivity index (χ2v) is 11.2. The van der Waals surface area contributed by atoms with Gasteiger partial charge >= 0.3 is 39.5 Å². The zero-order chi connectivity index (χ0) is 34.1. The molecule has 0 radical (unpaired) electrons. The van der Waals surface area contributed by atoms with Gasteiger partial charge in [-0.3, -0.25) is 27.7 Å². The molecular weight excluding hydrogens is 646 g/mol. The Balaban J connectivity index is 6.10. The molecule has 0 aliphatic carbocycles. The van der Waals surface area contributed by atoms with Gasteiger partial charge in [-0.15, -0.1) is 0 Å². The van der Waals surface area contributed by atoms with Crippen LogP contribution in [-0.4, -0.2) is 88.3 Å². The predicted molar refractivity (Wildman–Crippen MR) is 153 cm³/mol. The highest BCUT2D eigenvalue weighted by atomic mass is 31.3. The fourth-order valence-electron chi connectivity index (χ4n) is 2.67. The molecule has 0 heterocycles. The largest absolute Gasteiger partial charge is 0.484 e. The maximum atomic E-state index is 13.7. The van der Waals surface area contributed by atoms with E-state index >= 15 is 0 Å². The summed E-state index contributed by atoms with van der Waals surface area (Å²) in [7, 11) is -9.86. The fraction of sp³-hybridized carbons (Fsp3) is 0.462. The van der Waals surface area contributed by atoms with Gasteiger partial charge in [0.15, 0.2) is 0 Å². The summed E-state index contributed by atoms with van der Waals surface area (Å²) in [5.41, 5.74) is 0. The molecule has 0 saturated heterocycles. The molecule has 19 heteroatoms. The predicted octanol–water partition coefficient (Wildman–Crippen LogP) is 2.90. The average molecular weight is 683 g/mol.